The summed E-state index contributed by atoms with van der Waals surface area (Å²) in [7, 11) is 0. The molecule has 0 aromatic heterocycles. The maximum atomic E-state index is 13.2. The van der Waals surface area contributed by atoms with Crippen LogP contribution in [0.5, 0.6) is 0 Å². The zero-order valence-corrected chi connectivity index (χ0v) is 19.1. The van der Waals surface area contributed by atoms with Gasteiger partial charge in [-0.05, 0) is 104 Å². The van der Waals surface area contributed by atoms with E-state index in [1.54, 1.807) is 0 Å². The van der Waals surface area contributed by atoms with Crippen LogP contribution in [0.15, 0.2) is 12.2 Å². The van der Waals surface area contributed by atoms with Crippen LogP contribution in [0.3, 0.4) is 0 Å². The molecular formula is C27H41NO. The number of hydrogen-bond donors (Lipinski definition) is 0. The summed E-state index contributed by atoms with van der Waals surface area (Å²) in [5.74, 6) is 6.00. The fraction of sp³-hybridized carbons (Fsp3) is 0.889. The third-order valence-corrected chi connectivity index (χ3v) is 11.7. The minimum atomic E-state index is -0.0650. The number of fused-ring (bicyclic) bond motifs is 9. The van der Waals surface area contributed by atoms with Gasteiger partial charge in [0.25, 0.3) is 0 Å². The van der Waals surface area contributed by atoms with Crippen molar-refractivity contribution in [3.05, 3.63) is 12.2 Å². The highest BCUT2D eigenvalue weighted by atomic mass is 16.1. The summed E-state index contributed by atoms with van der Waals surface area (Å²) in [6.07, 6.45) is 14.9. The molecule has 5 fully saturated rings. The fourth-order valence-electron chi connectivity index (χ4n) is 10.4. The van der Waals surface area contributed by atoms with Crippen LogP contribution in [0.25, 0.3) is 0 Å². The van der Waals surface area contributed by atoms with Gasteiger partial charge in [-0.15, -0.1) is 0 Å². The van der Waals surface area contributed by atoms with Crippen molar-refractivity contribution in [1.82, 2.24) is 4.90 Å². The quantitative estimate of drug-likeness (QED) is 0.523. The van der Waals surface area contributed by atoms with E-state index >= 15 is 0 Å². The summed E-state index contributed by atoms with van der Waals surface area (Å²) in [4.78, 5) is 16.1. The summed E-state index contributed by atoms with van der Waals surface area (Å²) in [5.41, 5.74) is 0.451. The molecule has 2 heteroatoms. The molecule has 0 amide bonds. The maximum absolute atomic E-state index is 13.2. The Hall–Kier alpha value is -0.630. The predicted octanol–water partition coefficient (Wildman–Crippen LogP) is 5.72. The molecule has 0 N–H and O–H groups in total. The average Bonchev–Trinajstić information content (AvgIpc) is 3.15. The van der Waals surface area contributed by atoms with Gasteiger partial charge in [-0.2, -0.15) is 0 Å². The van der Waals surface area contributed by atoms with E-state index in [1.165, 1.54) is 51.5 Å². The second-order valence-corrected chi connectivity index (χ2v) is 12.6. The number of ketones is 1. The smallest absolute Gasteiger partial charge is 0.161 e. The molecule has 29 heavy (non-hydrogen) atoms. The van der Waals surface area contributed by atoms with E-state index in [0.717, 1.165) is 48.1 Å². The first-order valence-corrected chi connectivity index (χ1v) is 12.8. The average molecular weight is 396 g/mol. The van der Waals surface area contributed by atoms with Gasteiger partial charge in [-0.3, -0.25) is 9.69 Å². The Bertz CT molecular complexity index is 743. The SMILES string of the molecule is C[C@H]1CC[C@@H]2[C@@H](C)[C@H]3C(C[C@H]4[C@@H]5CCC6CC=CC(=O)[C@]6(C)[C@H]5CC[C@]34C)N2C1. The molecule has 11 atom stereocenters. The summed E-state index contributed by atoms with van der Waals surface area (Å²) in [6, 6.07) is 1.69. The van der Waals surface area contributed by atoms with Crippen LogP contribution in [0.2, 0.25) is 0 Å². The van der Waals surface area contributed by atoms with E-state index < -0.39 is 0 Å². The summed E-state index contributed by atoms with van der Waals surface area (Å²) < 4.78 is 0. The minimum Gasteiger partial charge on any atom is -0.297 e. The molecule has 2 aliphatic heterocycles. The van der Waals surface area contributed by atoms with E-state index in [4.69, 9.17) is 0 Å². The summed E-state index contributed by atoms with van der Waals surface area (Å²) >= 11 is 0. The number of hydrogen-bond acceptors (Lipinski definition) is 2. The molecule has 2 unspecified atom stereocenters. The predicted molar refractivity (Wildman–Crippen MR) is 117 cm³/mol. The molecule has 2 nitrogen and oxygen atoms in total. The molecule has 4 aliphatic carbocycles. The lowest BCUT2D eigenvalue weighted by Gasteiger charge is -2.59. The van der Waals surface area contributed by atoms with Crippen LogP contribution >= 0.6 is 0 Å². The van der Waals surface area contributed by atoms with Crippen molar-refractivity contribution in [3.8, 4) is 0 Å². The number of rotatable bonds is 0. The van der Waals surface area contributed by atoms with Crippen molar-refractivity contribution in [2.45, 2.75) is 91.1 Å². The van der Waals surface area contributed by atoms with E-state index in [2.05, 4.69) is 38.7 Å². The zero-order valence-electron chi connectivity index (χ0n) is 19.1. The molecule has 0 aromatic rings. The van der Waals surface area contributed by atoms with E-state index in [-0.39, 0.29) is 5.41 Å². The largest absolute Gasteiger partial charge is 0.297 e. The van der Waals surface area contributed by atoms with Crippen LogP contribution in [0.1, 0.15) is 79.1 Å². The van der Waals surface area contributed by atoms with Gasteiger partial charge in [-0.25, -0.2) is 0 Å². The van der Waals surface area contributed by atoms with Crippen molar-refractivity contribution in [2.24, 2.45) is 52.3 Å². The van der Waals surface area contributed by atoms with Gasteiger partial charge in [0, 0.05) is 24.0 Å². The highest BCUT2D eigenvalue weighted by Crippen LogP contribution is 2.70. The van der Waals surface area contributed by atoms with Gasteiger partial charge in [0.05, 0.1) is 0 Å². The minimum absolute atomic E-state index is 0.0650. The van der Waals surface area contributed by atoms with Crippen LogP contribution < -0.4 is 0 Å². The normalized spacial score (nSPS) is 58.9. The Balaban J connectivity index is 1.34. The molecule has 2 heterocycles. The first-order valence-electron chi connectivity index (χ1n) is 12.8. The van der Waals surface area contributed by atoms with E-state index in [9.17, 15) is 4.79 Å². The van der Waals surface area contributed by atoms with Gasteiger partial charge < -0.3 is 0 Å². The van der Waals surface area contributed by atoms with Gasteiger partial charge in [0.15, 0.2) is 5.78 Å². The highest BCUT2D eigenvalue weighted by molar-refractivity contribution is 5.96. The Kier molecular flexibility index (Phi) is 4.09. The number of carbonyl (C=O) groups is 1. The lowest BCUT2D eigenvalue weighted by molar-refractivity contribution is -0.147. The molecule has 0 aromatic carbocycles. The second kappa shape index (κ2) is 6.21. The molecule has 6 aliphatic rings. The molecule has 0 radical (unpaired) electrons. The number of allylic oxidation sites excluding steroid dienone is 2. The monoisotopic (exact) mass is 395 g/mol. The Morgan fingerprint density at radius 3 is 2.66 bits per heavy atom. The molecule has 160 valence electrons. The molecule has 6 rings (SSSR count). The van der Waals surface area contributed by atoms with Crippen molar-refractivity contribution >= 4 is 5.78 Å². The van der Waals surface area contributed by atoms with Crippen LogP contribution in [-0.2, 0) is 4.79 Å². The first-order chi connectivity index (χ1) is 13.9. The van der Waals surface area contributed by atoms with E-state index in [1.807, 2.05) is 6.08 Å². The lowest BCUT2D eigenvalue weighted by Crippen LogP contribution is -2.55. The van der Waals surface area contributed by atoms with E-state index in [0.29, 0.717) is 23.0 Å². The number of carbonyl (C=O) groups excluding carboxylic acids is 1. The van der Waals surface area contributed by atoms with Gasteiger partial charge in [0.2, 0.25) is 0 Å². The van der Waals surface area contributed by atoms with Crippen LogP contribution in [-0.4, -0.2) is 29.3 Å². The number of piperidine rings is 1. The van der Waals surface area contributed by atoms with Gasteiger partial charge in [0.1, 0.15) is 0 Å². The Morgan fingerprint density at radius 1 is 1.00 bits per heavy atom. The Morgan fingerprint density at radius 2 is 1.83 bits per heavy atom. The van der Waals surface area contributed by atoms with Crippen molar-refractivity contribution in [2.75, 3.05) is 6.54 Å². The standard InChI is InChI=1S/C27H41NO/c1-16-8-11-22-17(2)25-23(28(22)15-16)14-21-19-10-9-18-6-5-7-24(29)27(18,4)20(19)12-13-26(21,25)3/h5,7,16-23,25H,6,8-15H2,1-4H3/t16-,17+,18?,19+,20-,21-,22+,23?,25-,26-,27-/m0/s1. The third-order valence-electron chi connectivity index (χ3n) is 11.7. The fourth-order valence-corrected chi connectivity index (χ4v) is 10.4. The summed E-state index contributed by atoms with van der Waals surface area (Å²) in [5, 5.41) is 0. The number of nitrogens with zero attached hydrogens (tertiary/aromatic N) is 1. The summed E-state index contributed by atoms with van der Waals surface area (Å²) in [6.45, 7) is 11.5. The van der Waals surface area contributed by atoms with Gasteiger partial charge in [-0.1, -0.05) is 33.8 Å². The molecule has 0 spiro atoms. The molecule has 0 bridgehead atoms. The third kappa shape index (κ3) is 2.31. The molecule has 3 saturated carbocycles. The molecular weight excluding hydrogens is 354 g/mol. The zero-order chi connectivity index (χ0) is 20.1. The van der Waals surface area contributed by atoms with Crippen molar-refractivity contribution in [1.29, 1.82) is 0 Å². The van der Waals surface area contributed by atoms with Crippen LogP contribution in [0, 0.1) is 52.3 Å². The van der Waals surface area contributed by atoms with Crippen molar-refractivity contribution < 1.29 is 4.79 Å². The second-order valence-electron chi connectivity index (χ2n) is 12.6. The lowest BCUT2D eigenvalue weighted by atomic mass is 9.45. The van der Waals surface area contributed by atoms with Crippen LogP contribution in [0.4, 0.5) is 0 Å². The van der Waals surface area contributed by atoms with Gasteiger partial charge >= 0.3 is 0 Å². The maximum Gasteiger partial charge on any atom is 0.161 e. The highest BCUT2D eigenvalue weighted by Gasteiger charge is 2.67. The molecule has 2 saturated heterocycles. The Labute approximate surface area is 177 Å². The first kappa shape index (κ1) is 19.1. The van der Waals surface area contributed by atoms with Crippen molar-refractivity contribution in [3.63, 3.8) is 0 Å². The topological polar surface area (TPSA) is 20.3 Å².